The Hall–Kier alpha value is -0.710. The van der Waals surface area contributed by atoms with Crippen LogP contribution in [0.3, 0.4) is 0 Å². The molecule has 1 heterocycles. The SMILES string of the molecule is CC(C)SCC(=O)N1CCC(C)(C(=O)O)CC1. The van der Waals surface area contributed by atoms with Gasteiger partial charge in [0.05, 0.1) is 11.2 Å². The Balaban J connectivity index is 2.41. The van der Waals surface area contributed by atoms with Crippen LogP contribution in [-0.4, -0.2) is 46.0 Å². The molecule has 0 aromatic rings. The van der Waals surface area contributed by atoms with E-state index in [0.29, 0.717) is 36.9 Å². The van der Waals surface area contributed by atoms with E-state index in [0.717, 1.165) is 0 Å². The molecule has 1 fully saturated rings. The topological polar surface area (TPSA) is 57.6 Å². The van der Waals surface area contributed by atoms with Crippen molar-refractivity contribution in [3.8, 4) is 0 Å². The van der Waals surface area contributed by atoms with Gasteiger partial charge in [-0.15, -0.1) is 11.8 Å². The summed E-state index contributed by atoms with van der Waals surface area (Å²) in [5, 5.41) is 9.54. The number of rotatable bonds is 4. The summed E-state index contributed by atoms with van der Waals surface area (Å²) in [6.45, 7) is 7.03. The minimum atomic E-state index is -0.749. The average Bonchev–Trinajstić information content (AvgIpc) is 2.26. The van der Waals surface area contributed by atoms with Crippen LogP contribution in [0.15, 0.2) is 0 Å². The Labute approximate surface area is 107 Å². The fourth-order valence-corrected chi connectivity index (χ4v) is 2.45. The molecule has 1 rings (SSSR count). The highest BCUT2D eigenvalue weighted by atomic mass is 32.2. The van der Waals surface area contributed by atoms with E-state index in [2.05, 4.69) is 13.8 Å². The van der Waals surface area contributed by atoms with Crippen LogP contribution >= 0.6 is 11.8 Å². The molecule has 5 heteroatoms. The Morgan fingerprint density at radius 3 is 2.29 bits per heavy atom. The first kappa shape index (κ1) is 14.4. The molecule has 1 N–H and O–H groups in total. The second kappa shape index (κ2) is 5.76. The van der Waals surface area contributed by atoms with E-state index in [9.17, 15) is 9.59 Å². The van der Waals surface area contributed by atoms with Gasteiger partial charge in [-0.1, -0.05) is 13.8 Å². The van der Waals surface area contributed by atoms with Crippen molar-refractivity contribution in [3.63, 3.8) is 0 Å². The fourth-order valence-electron chi connectivity index (χ4n) is 1.79. The summed E-state index contributed by atoms with van der Waals surface area (Å²) in [6, 6.07) is 0. The van der Waals surface area contributed by atoms with Crippen molar-refractivity contribution in [2.24, 2.45) is 5.41 Å². The van der Waals surface area contributed by atoms with Crippen LogP contribution in [0.25, 0.3) is 0 Å². The van der Waals surface area contributed by atoms with E-state index in [-0.39, 0.29) is 5.91 Å². The lowest BCUT2D eigenvalue weighted by Gasteiger charge is -2.36. The maximum Gasteiger partial charge on any atom is 0.309 e. The maximum atomic E-state index is 11.8. The minimum Gasteiger partial charge on any atom is -0.481 e. The first-order chi connectivity index (χ1) is 7.85. The van der Waals surface area contributed by atoms with Crippen molar-refractivity contribution in [1.29, 1.82) is 0 Å². The number of carbonyl (C=O) groups is 2. The lowest BCUT2D eigenvalue weighted by atomic mass is 9.80. The van der Waals surface area contributed by atoms with E-state index in [1.165, 1.54) is 0 Å². The molecule has 17 heavy (non-hydrogen) atoms. The largest absolute Gasteiger partial charge is 0.481 e. The third-order valence-corrected chi connectivity index (χ3v) is 4.36. The predicted octanol–water partition coefficient (Wildman–Crippen LogP) is 1.84. The number of hydrogen-bond acceptors (Lipinski definition) is 3. The smallest absolute Gasteiger partial charge is 0.309 e. The first-order valence-corrected chi connectivity index (χ1v) is 7.03. The molecule has 0 spiro atoms. The molecule has 0 unspecified atom stereocenters. The number of hydrogen-bond donors (Lipinski definition) is 1. The van der Waals surface area contributed by atoms with Gasteiger partial charge >= 0.3 is 5.97 Å². The summed E-state index contributed by atoms with van der Waals surface area (Å²) >= 11 is 1.63. The van der Waals surface area contributed by atoms with Crippen LogP contribution in [0.2, 0.25) is 0 Å². The lowest BCUT2D eigenvalue weighted by molar-refractivity contribution is -0.152. The van der Waals surface area contributed by atoms with E-state index < -0.39 is 11.4 Å². The van der Waals surface area contributed by atoms with Gasteiger partial charge < -0.3 is 10.0 Å². The van der Waals surface area contributed by atoms with Crippen LogP contribution in [0.5, 0.6) is 0 Å². The van der Waals surface area contributed by atoms with Crippen molar-refractivity contribution in [2.75, 3.05) is 18.8 Å². The minimum absolute atomic E-state index is 0.135. The zero-order valence-electron chi connectivity index (χ0n) is 10.7. The average molecular weight is 259 g/mol. The number of piperidine rings is 1. The van der Waals surface area contributed by atoms with Crippen LogP contribution < -0.4 is 0 Å². The molecule has 0 aromatic carbocycles. The van der Waals surface area contributed by atoms with Crippen LogP contribution in [-0.2, 0) is 9.59 Å². The van der Waals surface area contributed by atoms with E-state index in [4.69, 9.17) is 5.11 Å². The third kappa shape index (κ3) is 3.91. The molecule has 1 aliphatic rings. The zero-order chi connectivity index (χ0) is 13.1. The molecular formula is C12H21NO3S. The molecule has 0 bridgehead atoms. The number of likely N-dealkylation sites (tertiary alicyclic amines) is 1. The van der Waals surface area contributed by atoms with Crippen molar-refractivity contribution in [3.05, 3.63) is 0 Å². The Morgan fingerprint density at radius 2 is 1.88 bits per heavy atom. The van der Waals surface area contributed by atoms with Crippen LogP contribution in [0, 0.1) is 5.41 Å². The van der Waals surface area contributed by atoms with Crippen LogP contribution in [0.1, 0.15) is 33.6 Å². The zero-order valence-corrected chi connectivity index (χ0v) is 11.5. The van der Waals surface area contributed by atoms with Gasteiger partial charge in [-0.25, -0.2) is 0 Å². The van der Waals surface area contributed by atoms with E-state index in [1.807, 2.05) is 0 Å². The lowest BCUT2D eigenvalue weighted by Crippen LogP contribution is -2.45. The fraction of sp³-hybridized carbons (Fsp3) is 0.833. The summed E-state index contributed by atoms with van der Waals surface area (Å²) < 4.78 is 0. The molecular weight excluding hydrogens is 238 g/mol. The van der Waals surface area contributed by atoms with Gasteiger partial charge in [0, 0.05) is 13.1 Å². The van der Waals surface area contributed by atoms with Gasteiger partial charge in [-0.3, -0.25) is 9.59 Å². The number of aliphatic carboxylic acids is 1. The summed E-state index contributed by atoms with van der Waals surface area (Å²) in [5.74, 6) is -0.112. The highest BCUT2D eigenvalue weighted by molar-refractivity contribution is 8.00. The Kier molecular flexibility index (Phi) is 4.86. The Morgan fingerprint density at radius 1 is 1.35 bits per heavy atom. The second-order valence-corrected chi connectivity index (χ2v) is 6.67. The molecule has 0 aliphatic carbocycles. The molecule has 1 aliphatic heterocycles. The van der Waals surface area contributed by atoms with Gasteiger partial charge in [-0.05, 0) is 25.0 Å². The number of nitrogens with zero attached hydrogens (tertiary/aromatic N) is 1. The number of carboxylic acids is 1. The molecule has 0 radical (unpaired) electrons. The quantitative estimate of drug-likeness (QED) is 0.837. The molecule has 1 amide bonds. The van der Waals surface area contributed by atoms with E-state index in [1.54, 1.807) is 23.6 Å². The van der Waals surface area contributed by atoms with Crippen molar-refractivity contribution < 1.29 is 14.7 Å². The third-order valence-electron chi connectivity index (χ3n) is 3.28. The summed E-state index contributed by atoms with van der Waals surface area (Å²) in [6.07, 6.45) is 1.11. The predicted molar refractivity (Wildman–Crippen MR) is 69.2 cm³/mol. The molecule has 0 aromatic heterocycles. The van der Waals surface area contributed by atoms with Crippen LogP contribution in [0.4, 0.5) is 0 Å². The highest BCUT2D eigenvalue weighted by Gasteiger charge is 2.37. The first-order valence-electron chi connectivity index (χ1n) is 5.98. The number of thioether (sulfide) groups is 1. The maximum absolute atomic E-state index is 11.8. The van der Waals surface area contributed by atoms with Gasteiger partial charge in [0.15, 0.2) is 0 Å². The van der Waals surface area contributed by atoms with Crippen molar-refractivity contribution in [2.45, 2.75) is 38.9 Å². The number of carbonyl (C=O) groups excluding carboxylic acids is 1. The highest BCUT2D eigenvalue weighted by Crippen LogP contribution is 2.31. The normalized spacial score (nSPS) is 19.4. The van der Waals surface area contributed by atoms with Crippen molar-refractivity contribution >= 4 is 23.6 Å². The molecule has 0 atom stereocenters. The van der Waals surface area contributed by atoms with Crippen molar-refractivity contribution in [1.82, 2.24) is 4.90 Å². The molecule has 1 saturated heterocycles. The molecule has 98 valence electrons. The molecule has 0 saturated carbocycles. The summed E-state index contributed by atoms with van der Waals surface area (Å²) in [4.78, 5) is 24.7. The number of carboxylic acid groups (broad SMARTS) is 1. The molecule has 4 nitrogen and oxygen atoms in total. The van der Waals surface area contributed by atoms with E-state index >= 15 is 0 Å². The standard InChI is InChI=1S/C12H21NO3S/c1-9(2)17-8-10(14)13-6-4-12(3,5-7-13)11(15)16/h9H,4-8H2,1-3H3,(H,15,16). The van der Waals surface area contributed by atoms with Gasteiger partial charge in [-0.2, -0.15) is 0 Å². The Bertz CT molecular complexity index is 296. The van der Waals surface area contributed by atoms with Gasteiger partial charge in [0.2, 0.25) is 5.91 Å². The number of amides is 1. The summed E-state index contributed by atoms with van der Waals surface area (Å²) in [5.41, 5.74) is -0.651. The van der Waals surface area contributed by atoms with Gasteiger partial charge in [0.25, 0.3) is 0 Å². The summed E-state index contributed by atoms with van der Waals surface area (Å²) in [7, 11) is 0. The van der Waals surface area contributed by atoms with Gasteiger partial charge in [0.1, 0.15) is 0 Å². The second-order valence-electron chi connectivity index (χ2n) is 5.11. The monoisotopic (exact) mass is 259 g/mol.